The second-order valence-electron chi connectivity index (χ2n) is 12.0. The number of carbonyl (C=O) groups excluding carboxylic acids is 1. The van der Waals surface area contributed by atoms with Gasteiger partial charge >= 0.3 is 0 Å². The average molecular weight is 706 g/mol. The average Bonchev–Trinajstić information content (AvgIpc) is 3.15. The minimum Gasteiger partial charge on any atom is -0.426 e. The van der Waals surface area contributed by atoms with Crippen LogP contribution in [0.3, 0.4) is 0 Å². The monoisotopic (exact) mass is 705 g/mol. The van der Waals surface area contributed by atoms with Crippen LogP contribution in [0.4, 0.5) is 10.1 Å². The highest BCUT2D eigenvalue weighted by molar-refractivity contribution is 7.95. The highest BCUT2D eigenvalue weighted by atomic mass is 32.2. The molecule has 4 aromatic carbocycles. The van der Waals surface area contributed by atoms with Gasteiger partial charge in [-0.3, -0.25) is 4.79 Å². The fourth-order valence-corrected chi connectivity index (χ4v) is 7.00. The molecule has 2 saturated heterocycles. The van der Waals surface area contributed by atoms with Gasteiger partial charge in [-0.25, -0.2) is 4.39 Å². The Balaban J connectivity index is 0.00000239. The molecule has 0 radical (unpaired) electrons. The number of rotatable bonds is 12. The first-order valence-electron chi connectivity index (χ1n) is 16.8. The Bertz CT molecular complexity index is 1640. The Morgan fingerprint density at radius 1 is 0.840 bits per heavy atom. The first kappa shape index (κ1) is 37.4. The summed E-state index contributed by atoms with van der Waals surface area (Å²) >= 11 is 1.06. The van der Waals surface area contributed by atoms with Crippen LogP contribution in [0.1, 0.15) is 50.0 Å². The number of amides is 1. The molecular weight excluding hydrogens is 661 g/mol. The standard InChI is InChI=1S/C37H38FNO8S.C2H6/c1-45-37-35(43)34(42)33(41)31(46-37)21-48-47-28-17-13-23(14-18-28)22-7-9-25(10-8-22)32-29(36(44)39(32)27-5-3-2-4-6-27)19-20-30(40)24-11-15-26(38)16-12-24;1-2/h2-18,29-35,37,40-43H,19-21H2,1H3;1-2H3. The van der Waals surface area contributed by atoms with Crippen molar-refractivity contribution in [2.24, 2.45) is 5.92 Å². The fraction of sp³-hybridized carbons (Fsp3) is 0.359. The Labute approximate surface area is 296 Å². The van der Waals surface area contributed by atoms with E-state index in [1.54, 1.807) is 12.1 Å². The number of methoxy groups -OCH3 is 1. The van der Waals surface area contributed by atoms with Crippen LogP contribution in [0.5, 0.6) is 5.75 Å². The van der Waals surface area contributed by atoms with Crippen molar-refractivity contribution in [1.29, 1.82) is 0 Å². The first-order chi connectivity index (χ1) is 24.2. The smallest absolute Gasteiger partial charge is 0.233 e. The minimum atomic E-state index is -1.39. The van der Waals surface area contributed by atoms with Gasteiger partial charge in [-0.2, -0.15) is 0 Å². The number of hydrogen-bond donors (Lipinski definition) is 4. The highest BCUT2D eigenvalue weighted by Gasteiger charge is 2.48. The molecule has 11 heteroatoms. The summed E-state index contributed by atoms with van der Waals surface area (Å²) in [4.78, 5) is 15.2. The number of aliphatic hydroxyl groups is 4. The van der Waals surface area contributed by atoms with E-state index in [4.69, 9.17) is 13.7 Å². The molecule has 2 aliphatic heterocycles. The van der Waals surface area contributed by atoms with Crippen molar-refractivity contribution in [3.05, 3.63) is 120 Å². The number of para-hydroxylation sites is 1. The van der Waals surface area contributed by atoms with E-state index >= 15 is 0 Å². The predicted octanol–water partition coefficient (Wildman–Crippen LogP) is 6.22. The molecule has 0 aliphatic carbocycles. The quantitative estimate of drug-likeness (QED) is 0.100. The number of anilines is 1. The molecule has 8 unspecified atom stereocenters. The van der Waals surface area contributed by atoms with Gasteiger partial charge in [0.15, 0.2) is 6.29 Å². The first-order valence-corrected chi connectivity index (χ1v) is 17.7. The van der Waals surface area contributed by atoms with Crippen LogP contribution in [-0.2, 0) is 14.3 Å². The molecule has 2 fully saturated rings. The van der Waals surface area contributed by atoms with Gasteiger partial charge < -0.3 is 39.0 Å². The molecular formula is C39H44FNO8S. The predicted molar refractivity (Wildman–Crippen MR) is 191 cm³/mol. The van der Waals surface area contributed by atoms with Crippen LogP contribution in [-0.4, -0.2) is 69.9 Å². The lowest BCUT2D eigenvalue weighted by atomic mass is 9.78. The number of nitrogens with zero attached hydrogens (tertiary/aromatic N) is 1. The van der Waals surface area contributed by atoms with Crippen molar-refractivity contribution < 1.29 is 43.3 Å². The zero-order valence-corrected chi connectivity index (χ0v) is 29.0. The molecule has 4 aromatic rings. The number of β-lactam (4-membered cyclic amide) rings is 1. The summed E-state index contributed by atoms with van der Waals surface area (Å²) in [7, 11) is 1.35. The third-order valence-corrected chi connectivity index (χ3v) is 9.76. The van der Waals surface area contributed by atoms with Gasteiger partial charge in [0.25, 0.3) is 0 Å². The maximum atomic E-state index is 13.4. The van der Waals surface area contributed by atoms with E-state index in [1.807, 2.05) is 97.6 Å². The van der Waals surface area contributed by atoms with Crippen LogP contribution in [0.25, 0.3) is 11.1 Å². The van der Waals surface area contributed by atoms with E-state index in [2.05, 4.69) is 0 Å². The SMILES string of the molecule is CC.COC1OC(CSOc2ccc(-c3ccc(C4C(CCC(O)c5ccc(F)cc5)C(=O)N4c4ccccc4)cc3)cc2)C(O)C(O)C1O. The minimum absolute atomic E-state index is 0.00637. The second-order valence-corrected chi connectivity index (χ2v) is 12.7. The van der Waals surface area contributed by atoms with E-state index in [0.717, 1.165) is 34.4 Å². The van der Waals surface area contributed by atoms with Crippen molar-refractivity contribution in [1.82, 2.24) is 0 Å². The fourth-order valence-electron chi connectivity index (χ4n) is 6.27. The van der Waals surface area contributed by atoms with Crippen LogP contribution >= 0.6 is 12.0 Å². The van der Waals surface area contributed by atoms with Gasteiger partial charge in [0.2, 0.25) is 5.91 Å². The molecule has 2 heterocycles. The summed E-state index contributed by atoms with van der Waals surface area (Å²) in [5.74, 6) is 0.121. The summed E-state index contributed by atoms with van der Waals surface area (Å²) in [5.41, 5.74) is 4.37. The van der Waals surface area contributed by atoms with Crippen LogP contribution in [0.15, 0.2) is 103 Å². The van der Waals surface area contributed by atoms with E-state index in [1.165, 1.54) is 19.2 Å². The molecule has 2 aliphatic rings. The molecule has 8 atom stereocenters. The Morgan fingerprint density at radius 3 is 2.08 bits per heavy atom. The maximum absolute atomic E-state index is 13.4. The molecule has 0 spiro atoms. The van der Waals surface area contributed by atoms with Crippen LogP contribution in [0, 0.1) is 11.7 Å². The van der Waals surface area contributed by atoms with Crippen molar-refractivity contribution in [3.63, 3.8) is 0 Å². The zero-order valence-electron chi connectivity index (χ0n) is 28.2. The Morgan fingerprint density at radius 2 is 1.46 bits per heavy atom. The van der Waals surface area contributed by atoms with E-state index in [0.29, 0.717) is 24.2 Å². The number of ether oxygens (including phenoxy) is 2. The summed E-state index contributed by atoms with van der Waals surface area (Å²) in [6.45, 7) is 4.00. The lowest BCUT2D eigenvalue weighted by Gasteiger charge is -2.48. The molecule has 1 amide bonds. The topological polar surface area (TPSA) is 129 Å². The molecule has 0 bridgehead atoms. The van der Waals surface area contributed by atoms with Gasteiger partial charge in [0.05, 0.1) is 35.9 Å². The molecule has 9 nitrogen and oxygen atoms in total. The van der Waals surface area contributed by atoms with Gasteiger partial charge in [-0.15, -0.1) is 0 Å². The van der Waals surface area contributed by atoms with Crippen molar-refractivity contribution in [3.8, 4) is 16.9 Å². The third kappa shape index (κ3) is 8.38. The molecule has 50 heavy (non-hydrogen) atoms. The Hall–Kier alpha value is -3.81. The molecule has 0 aromatic heterocycles. The maximum Gasteiger partial charge on any atom is 0.233 e. The summed E-state index contributed by atoms with van der Waals surface area (Å²) < 4.78 is 29.7. The van der Waals surface area contributed by atoms with Crippen LogP contribution in [0.2, 0.25) is 0 Å². The third-order valence-electron chi connectivity index (χ3n) is 8.98. The van der Waals surface area contributed by atoms with Gasteiger partial charge in [-0.05, 0) is 71.5 Å². The second kappa shape index (κ2) is 17.4. The van der Waals surface area contributed by atoms with E-state index in [9.17, 15) is 29.6 Å². The largest absolute Gasteiger partial charge is 0.426 e. The van der Waals surface area contributed by atoms with E-state index < -0.39 is 36.8 Å². The molecule has 0 saturated carbocycles. The zero-order chi connectivity index (χ0) is 35.8. The van der Waals surface area contributed by atoms with E-state index in [-0.39, 0.29) is 29.4 Å². The van der Waals surface area contributed by atoms with Gasteiger partial charge in [0, 0.05) is 12.8 Å². The summed E-state index contributed by atoms with van der Waals surface area (Å²) in [5, 5.41) is 41.0. The summed E-state index contributed by atoms with van der Waals surface area (Å²) in [6, 6.07) is 30.7. The van der Waals surface area contributed by atoms with Crippen molar-refractivity contribution in [2.45, 2.75) is 69.5 Å². The summed E-state index contributed by atoms with van der Waals surface area (Å²) in [6.07, 6.45) is -5.80. The normalized spacial score (nSPS) is 25.2. The molecule has 266 valence electrons. The van der Waals surface area contributed by atoms with Gasteiger partial charge in [0.1, 0.15) is 36.0 Å². The number of carbonyl (C=O) groups is 1. The molecule has 6 rings (SSSR count). The number of benzene rings is 4. The lowest BCUT2D eigenvalue weighted by molar-refractivity contribution is -0.285. The van der Waals surface area contributed by atoms with Crippen molar-refractivity contribution in [2.75, 3.05) is 17.8 Å². The number of hydrogen-bond acceptors (Lipinski definition) is 9. The number of aliphatic hydroxyl groups excluding tert-OH is 4. The van der Waals surface area contributed by atoms with Gasteiger partial charge in [-0.1, -0.05) is 80.6 Å². The number of halogens is 1. The highest BCUT2D eigenvalue weighted by Crippen LogP contribution is 2.46. The van der Waals surface area contributed by atoms with Crippen molar-refractivity contribution >= 4 is 23.6 Å². The Kier molecular flexibility index (Phi) is 13.0. The van der Waals surface area contributed by atoms with Crippen LogP contribution < -0.4 is 9.08 Å². The lowest BCUT2D eigenvalue weighted by Crippen LogP contribution is -2.58. The molecule has 4 N–H and O–H groups in total.